The van der Waals surface area contributed by atoms with Crippen molar-refractivity contribution in [1.82, 2.24) is 31.3 Å². The monoisotopic (exact) mass is 688 g/mol. The molecule has 6 rings (SSSR count). The summed E-state index contributed by atoms with van der Waals surface area (Å²) in [6.45, 7) is 3.63. The fourth-order valence-corrected chi connectivity index (χ4v) is 6.33. The van der Waals surface area contributed by atoms with Crippen LogP contribution < -0.4 is 20.9 Å². The summed E-state index contributed by atoms with van der Waals surface area (Å²) in [5.41, 5.74) is 5.58. The highest BCUT2D eigenvalue weighted by molar-refractivity contribution is 5.97. The second kappa shape index (κ2) is 16.9. The zero-order valence-electron chi connectivity index (χ0n) is 27.0. The van der Waals surface area contributed by atoms with Crippen molar-refractivity contribution in [3.8, 4) is 22.5 Å². The third-order valence-corrected chi connectivity index (χ3v) is 9.12. The predicted octanol–water partition coefficient (Wildman–Crippen LogP) is 4.53. The number of morpholine rings is 1. The van der Waals surface area contributed by atoms with Crippen molar-refractivity contribution in [1.29, 1.82) is 0 Å². The molecular formula is C35H41ClN8O5. The van der Waals surface area contributed by atoms with E-state index in [-0.39, 0.29) is 36.1 Å². The third kappa shape index (κ3) is 9.55. The molecule has 1 atom stereocenters. The lowest BCUT2D eigenvalue weighted by Gasteiger charge is -2.29. The van der Waals surface area contributed by atoms with Crippen molar-refractivity contribution in [3.63, 3.8) is 0 Å². The lowest BCUT2D eigenvalue weighted by Crippen LogP contribution is -2.48. The van der Waals surface area contributed by atoms with E-state index in [0.717, 1.165) is 61.4 Å². The van der Waals surface area contributed by atoms with Gasteiger partial charge in [0.1, 0.15) is 6.04 Å². The van der Waals surface area contributed by atoms with Gasteiger partial charge in [0.25, 0.3) is 0 Å². The number of carbonyl (C=O) groups excluding carboxylic acids is 2. The molecule has 3 amide bonds. The number of anilines is 2. The van der Waals surface area contributed by atoms with E-state index in [9.17, 15) is 14.4 Å². The van der Waals surface area contributed by atoms with Crippen LogP contribution in [-0.4, -0.2) is 82.5 Å². The topological polar surface area (TPSA) is 174 Å². The summed E-state index contributed by atoms with van der Waals surface area (Å²) in [6.07, 6.45) is 2.05. The maximum atomic E-state index is 13.7. The Bertz CT molecular complexity index is 1660. The number of nitrogens with zero attached hydrogens (tertiary/aromatic N) is 4. The van der Waals surface area contributed by atoms with Gasteiger partial charge >= 0.3 is 6.09 Å². The van der Waals surface area contributed by atoms with Crippen LogP contribution in [0.2, 0.25) is 0 Å². The second-order valence-electron chi connectivity index (χ2n) is 12.3. The Kier molecular flexibility index (Phi) is 12.2. The number of nitrogens with one attached hydrogen (secondary N) is 4. The van der Waals surface area contributed by atoms with Crippen molar-refractivity contribution in [2.24, 2.45) is 11.8 Å². The van der Waals surface area contributed by atoms with Crippen molar-refractivity contribution in [3.05, 3.63) is 78.4 Å². The number of aromatic nitrogens is 4. The first kappa shape index (κ1) is 35.3. The van der Waals surface area contributed by atoms with Crippen LogP contribution >= 0.6 is 12.4 Å². The molecule has 13 nitrogen and oxygen atoms in total. The van der Waals surface area contributed by atoms with E-state index in [2.05, 4.69) is 65.7 Å². The van der Waals surface area contributed by atoms with Gasteiger partial charge in [-0.15, -0.1) is 22.6 Å². The molecule has 2 heterocycles. The summed E-state index contributed by atoms with van der Waals surface area (Å²) in [5.74, 6) is -0.0721. The van der Waals surface area contributed by atoms with E-state index in [0.29, 0.717) is 37.3 Å². The summed E-state index contributed by atoms with van der Waals surface area (Å²) in [4.78, 5) is 40.3. The number of amides is 3. The van der Waals surface area contributed by atoms with E-state index in [1.54, 1.807) is 24.3 Å². The summed E-state index contributed by atoms with van der Waals surface area (Å²) in [6, 6.07) is 22.9. The fourth-order valence-electron chi connectivity index (χ4n) is 6.33. The number of tetrazole rings is 1. The average molecular weight is 689 g/mol. The van der Waals surface area contributed by atoms with Crippen LogP contribution in [0.3, 0.4) is 0 Å². The van der Waals surface area contributed by atoms with Gasteiger partial charge in [0.2, 0.25) is 17.6 Å². The molecule has 0 spiro atoms. The first-order valence-electron chi connectivity index (χ1n) is 16.4. The van der Waals surface area contributed by atoms with Crippen LogP contribution in [-0.2, 0) is 20.7 Å². The molecule has 1 aromatic heterocycles. The van der Waals surface area contributed by atoms with Crippen LogP contribution in [0.25, 0.3) is 22.5 Å². The van der Waals surface area contributed by atoms with Gasteiger partial charge in [-0.3, -0.25) is 9.59 Å². The Morgan fingerprint density at radius 2 is 1.51 bits per heavy atom. The van der Waals surface area contributed by atoms with Gasteiger partial charge in [0, 0.05) is 48.9 Å². The minimum Gasteiger partial charge on any atom is -0.465 e. The van der Waals surface area contributed by atoms with E-state index in [1.807, 2.05) is 24.3 Å². The first-order chi connectivity index (χ1) is 23.4. The first-order valence-corrected chi connectivity index (χ1v) is 16.4. The minimum atomic E-state index is -1.04. The lowest BCUT2D eigenvalue weighted by molar-refractivity contribution is -0.130. The van der Waals surface area contributed by atoms with Gasteiger partial charge in [-0.05, 0) is 89.9 Å². The second-order valence-corrected chi connectivity index (χ2v) is 12.3. The maximum absolute atomic E-state index is 13.7. The van der Waals surface area contributed by atoms with E-state index >= 15 is 0 Å². The molecule has 49 heavy (non-hydrogen) atoms. The molecule has 1 saturated carbocycles. The zero-order valence-corrected chi connectivity index (χ0v) is 27.8. The molecule has 5 N–H and O–H groups in total. The highest BCUT2D eigenvalue weighted by Gasteiger charge is 2.30. The third-order valence-electron chi connectivity index (χ3n) is 9.12. The van der Waals surface area contributed by atoms with Crippen LogP contribution in [0.5, 0.6) is 0 Å². The Morgan fingerprint density at radius 1 is 0.878 bits per heavy atom. The Balaban J connectivity index is 0.00000468. The van der Waals surface area contributed by atoms with Gasteiger partial charge in [-0.2, -0.15) is 5.21 Å². The number of halogens is 1. The van der Waals surface area contributed by atoms with Gasteiger partial charge in [-0.25, -0.2) is 4.79 Å². The van der Waals surface area contributed by atoms with Crippen molar-refractivity contribution >= 4 is 41.7 Å². The van der Waals surface area contributed by atoms with E-state index < -0.39 is 12.1 Å². The highest BCUT2D eigenvalue weighted by atomic mass is 35.5. The molecule has 3 aromatic carbocycles. The molecule has 0 radical (unpaired) electrons. The standard InChI is InChI=1S/C35H40N8O5.ClH/c44-33(28-7-3-24(4-8-28)22-36-35(46)47)38-31(34(45)37-29-13-9-27(10-14-29)32-39-41-42-40-32)21-23-1-5-25(6-2-23)26-11-15-30(16-12-26)43-17-19-48-20-18-43;/h1-2,5-6,9-16,24,28,31,36H,3-4,7-8,17-22H2,(H,37,45)(H,38,44)(H,46,47)(H,39,40,41,42);1H/t24-,28-,31-;/m0./s1. The summed E-state index contributed by atoms with van der Waals surface area (Å²) in [5, 5.41) is 31.3. The molecular weight excluding hydrogens is 648 g/mol. The molecule has 4 aromatic rings. The molecule has 14 heteroatoms. The quantitative estimate of drug-likeness (QED) is 0.152. The van der Waals surface area contributed by atoms with Crippen molar-refractivity contribution in [2.45, 2.75) is 38.1 Å². The smallest absolute Gasteiger partial charge is 0.404 e. The lowest BCUT2D eigenvalue weighted by atomic mass is 9.81. The summed E-state index contributed by atoms with van der Waals surface area (Å²) >= 11 is 0. The fraction of sp³-hybridized carbons (Fsp3) is 0.371. The molecule has 0 unspecified atom stereocenters. The number of carboxylic acid groups (broad SMARTS) is 1. The molecule has 258 valence electrons. The molecule has 2 aliphatic rings. The Hall–Kier alpha value is -5.01. The molecule has 1 saturated heterocycles. The zero-order chi connectivity index (χ0) is 33.3. The molecule has 0 bridgehead atoms. The largest absolute Gasteiger partial charge is 0.465 e. The van der Waals surface area contributed by atoms with E-state index in [1.165, 1.54) is 5.69 Å². The van der Waals surface area contributed by atoms with Crippen LogP contribution in [0.4, 0.5) is 16.2 Å². The van der Waals surface area contributed by atoms with E-state index in [4.69, 9.17) is 9.84 Å². The molecule has 1 aliphatic heterocycles. The Labute approximate surface area is 290 Å². The van der Waals surface area contributed by atoms with Gasteiger partial charge in [0.05, 0.1) is 13.2 Å². The van der Waals surface area contributed by atoms with Gasteiger partial charge < -0.3 is 30.7 Å². The maximum Gasteiger partial charge on any atom is 0.404 e. The van der Waals surface area contributed by atoms with Gasteiger partial charge in [-0.1, -0.05) is 36.4 Å². The number of ether oxygens (including phenoxy) is 1. The Morgan fingerprint density at radius 3 is 2.12 bits per heavy atom. The summed E-state index contributed by atoms with van der Waals surface area (Å²) in [7, 11) is 0. The minimum absolute atomic E-state index is 0. The number of benzene rings is 3. The van der Waals surface area contributed by atoms with Crippen LogP contribution in [0.1, 0.15) is 31.2 Å². The van der Waals surface area contributed by atoms with Gasteiger partial charge in [0.15, 0.2) is 0 Å². The summed E-state index contributed by atoms with van der Waals surface area (Å²) < 4.78 is 5.47. The molecule has 2 fully saturated rings. The number of H-pyrrole nitrogens is 1. The predicted molar refractivity (Wildman–Crippen MR) is 188 cm³/mol. The SMILES string of the molecule is Cl.O=C(O)NC[C@H]1CC[C@H](C(=O)N[C@@H](Cc2ccc(-c3ccc(N4CCOCC4)cc3)cc2)C(=O)Nc2ccc(-c3nn[nH]n3)cc2)CC1. The van der Waals surface area contributed by atoms with Crippen molar-refractivity contribution < 1.29 is 24.2 Å². The number of carbonyl (C=O) groups is 3. The number of hydrogen-bond donors (Lipinski definition) is 5. The average Bonchev–Trinajstić information content (AvgIpc) is 3.67. The van der Waals surface area contributed by atoms with Crippen LogP contribution in [0.15, 0.2) is 72.8 Å². The van der Waals surface area contributed by atoms with Crippen molar-refractivity contribution in [2.75, 3.05) is 43.1 Å². The normalized spacial score (nSPS) is 18.1. The number of hydrogen-bond acceptors (Lipinski definition) is 8. The van der Waals surface area contributed by atoms with Crippen LogP contribution in [0, 0.1) is 11.8 Å². The number of aromatic amines is 1. The molecule has 1 aliphatic carbocycles. The highest BCUT2D eigenvalue weighted by Crippen LogP contribution is 2.29. The number of rotatable bonds is 11.